The molecule has 0 aromatic carbocycles. The van der Waals surface area contributed by atoms with E-state index in [2.05, 4.69) is 14.9 Å². The van der Waals surface area contributed by atoms with Gasteiger partial charge in [-0.3, -0.25) is 4.79 Å². The predicted molar refractivity (Wildman–Crippen MR) is 87.7 cm³/mol. The standard InChI is InChI=1S/C16H23N5O/c1-11(2)14(17)16(22)21-9-7-20(8-10-21)13-4-6-19-15-12(13)3-5-18-15/h3-6,11,14H,7-10,17H2,1-2H3,(H,18,19). The first-order valence-corrected chi connectivity index (χ1v) is 7.79. The molecular formula is C16H23N5O. The summed E-state index contributed by atoms with van der Waals surface area (Å²) >= 11 is 0. The second-order valence-corrected chi connectivity index (χ2v) is 6.15. The minimum Gasteiger partial charge on any atom is -0.367 e. The molecule has 1 unspecified atom stereocenters. The van der Waals surface area contributed by atoms with Crippen molar-refractivity contribution in [1.29, 1.82) is 0 Å². The molecule has 22 heavy (non-hydrogen) atoms. The zero-order valence-corrected chi connectivity index (χ0v) is 13.1. The number of aromatic nitrogens is 2. The topological polar surface area (TPSA) is 78.2 Å². The van der Waals surface area contributed by atoms with Gasteiger partial charge in [0.1, 0.15) is 5.65 Å². The summed E-state index contributed by atoms with van der Waals surface area (Å²) in [7, 11) is 0. The molecule has 1 atom stereocenters. The number of nitrogens with one attached hydrogen (secondary N) is 1. The summed E-state index contributed by atoms with van der Waals surface area (Å²) in [6.07, 6.45) is 3.73. The number of pyridine rings is 1. The summed E-state index contributed by atoms with van der Waals surface area (Å²) in [5.41, 5.74) is 8.05. The van der Waals surface area contributed by atoms with Crippen LogP contribution in [0, 0.1) is 5.92 Å². The highest BCUT2D eigenvalue weighted by atomic mass is 16.2. The van der Waals surface area contributed by atoms with E-state index in [1.807, 2.05) is 43.3 Å². The van der Waals surface area contributed by atoms with Crippen LogP contribution in [0.15, 0.2) is 24.5 Å². The second kappa shape index (κ2) is 5.96. The van der Waals surface area contributed by atoms with Crippen molar-refractivity contribution in [1.82, 2.24) is 14.9 Å². The van der Waals surface area contributed by atoms with Crippen molar-refractivity contribution >= 4 is 22.6 Å². The first kappa shape index (κ1) is 14.8. The van der Waals surface area contributed by atoms with E-state index in [9.17, 15) is 4.79 Å². The number of nitrogens with two attached hydrogens (primary N) is 1. The molecule has 6 heteroatoms. The van der Waals surface area contributed by atoms with Gasteiger partial charge in [-0.25, -0.2) is 4.98 Å². The maximum absolute atomic E-state index is 12.3. The van der Waals surface area contributed by atoms with Crippen LogP contribution >= 0.6 is 0 Å². The van der Waals surface area contributed by atoms with E-state index in [1.54, 1.807) is 0 Å². The van der Waals surface area contributed by atoms with Crippen molar-refractivity contribution in [2.75, 3.05) is 31.1 Å². The molecule has 1 amide bonds. The highest BCUT2D eigenvalue weighted by Crippen LogP contribution is 2.25. The second-order valence-electron chi connectivity index (χ2n) is 6.15. The van der Waals surface area contributed by atoms with Crippen LogP contribution in [0.4, 0.5) is 5.69 Å². The first-order valence-electron chi connectivity index (χ1n) is 7.79. The van der Waals surface area contributed by atoms with E-state index in [-0.39, 0.29) is 11.8 Å². The van der Waals surface area contributed by atoms with Crippen molar-refractivity contribution in [2.24, 2.45) is 11.7 Å². The number of carbonyl (C=O) groups excluding carboxylic acids is 1. The molecule has 3 N–H and O–H groups in total. The molecule has 1 fully saturated rings. The lowest BCUT2D eigenvalue weighted by atomic mass is 10.0. The molecule has 0 radical (unpaired) electrons. The Morgan fingerprint density at radius 2 is 2.00 bits per heavy atom. The van der Waals surface area contributed by atoms with E-state index < -0.39 is 6.04 Å². The van der Waals surface area contributed by atoms with Crippen molar-refractivity contribution in [3.63, 3.8) is 0 Å². The van der Waals surface area contributed by atoms with Crippen LogP contribution < -0.4 is 10.6 Å². The molecule has 1 aliphatic rings. The maximum atomic E-state index is 12.3. The molecule has 1 saturated heterocycles. The van der Waals surface area contributed by atoms with Gasteiger partial charge in [-0.2, -0.15) is 0 Å². The number of H-pyrrole nitrogens is 1. The minimum absolute atomic E-state index is 0.0659. The minimum atomic E-state index is -0.399. The van der Waals surface area contributed by atoms with Gasteiger partial charge in [-0.1, -0.05) is 13.8 Å². The molecular weight excluding hydrogens is 278 g/mol. The number of fused-ring (bicyclic) bond motifs is 1. The summed E-state index contributed by atoms with van der Waals surface area (Å²) in [4.78, 5) is 24.0. The Balaban J connectivity index is 1.69. The normalized spacial score (nSPS) is 17.3. The van der Waals surface area contributed by atoms with E-state index >= 15 is 0 Å². The highest BCUT2D eigenvalue weighted by Gasteiger charge is 2.27. The lowest BCUT2D eigenvalue weighted by molar-refractivity contribution is -0.133. The Bertz CT molecular complexity index is 657. The number of piperazine rings is 1. The Hall–Kier alpha value is -2.08. The van der Waals surface area contributed by atoms with Gasteiger partial charge in [-0.05, 0) is 18.1 Å². The number of aromatic amines is 1. The molecule has 0 aliphatic carbocycles. The van der Waals surface area contributed by atoms with Gasteiger partial charge < -0.3 is 20.5 Å². The molecule has 118 valence electrons. The van der Waals surface area contributed by atoms with E-state index in [0.717, 1.165) is 24.1 Å². The quantitative estimate of drug-likeness (QED) is 0.893. The number of rotatable bonds is 3. The van der Waals surface area contributed by atoms with Crippen LogP contribution in [-0.2, 0) is 4.79 Å². The van der Waals surface area contributed by atoms with Crippen LogP contribution in [0.2, 0.25) is 0 Å². The smallest absolute Gasteiger partial charge is 0.239 e. The molecule has 3 rings (SSSR count). The van der Waals surface area contributed by atoms with Crippen LogP contribution in [0.25, 0.3) is 11.0 Å². The first-order chi connectivity index (χ1) is 10.6. The van der Waals surface area contributed by atoms with E-state index in [1.165, 1.54) is 5.69 Å². The van der Waals surface area contributed by atoms with Gasteiger partial charge >= 0.3 is 0 Å². The third-order valence-corrected chi connectivity index (χ3v) is 4.37. The molecule has 0 spiro atoms. The molecule has 0 saturated carbocycles. The van der Waals surface area contributed by atoms with Crippen molar-refractivity contribution in [3.05, 3.63) is 24.5 Å². The SMILES string of the molecule is CC(C)C(N)C(=O)N1CCN(c2ccnc3[nH]ccc23)CC1. The van der Waals surface area contributed by atoms with Crippen LogP contribution in [0.1, 0.15) is 13.8 Å². The van der Waals surface area contributed by atoms with E-state index in [4.69, 9.17) is 5.73 Å². The van der Waals surface area contributed by atoms with Gasteiger partial charge in [0.05, 0.1) is 6.04 Å². The zero-order valence-electron chi connectivity index (χ0n) is 13.1. The summed E-state index contributed by atoms with van der Waals surface area (Å²) in [5, 5.41) is 1.13. The van der Waals surface area contributed by atoms with Crippen LogP contribution in [-0.4, -0.2) is 53.0 Å². The summed E-state index contributed by atoms with van der Waals surface area (Å²) in [6.45, 7) is 7.04. The number of hydrogen-bond donors (Lipinski definition) is 2. The maximum Gasteiger partial charge on any atom is 0.239 e. The predicted octanol–water partition coefficient (Wildman–Crippen LogP) is 1.19. The number of amides is 1. The largest absolute Gasteiger partial charge is 0.367 e. The fraction of sp³-hybridized carbons (Fsp3) is 0.500. The van der Waals surface area contributed by atoms with Crippen molar-refractivity contribution < 1.29 is 4.79 Å². The number of anilines is 1. The average Bonchev–Trinajstić information content (AvgIpc) is 3.02. The fourth-order valence-corrected chi connectivity index (χ4v) is 2.89. The number of nitrogens with zero attached hydrogens (tertiary/aromatic N) is 3. The zero-order chi connectivity index (χ0) is 15.7. The van der Waals surface area contributed by atoms with Gasteiger partial charge in [0, 0.05) is 49.6 Å². The Kier molecular flexibility index (Phi) is 4.02. The molecule has 0 bridgehead atoms. The van der Waals surface area contributed by atoms with Gasteiger partial charge in [0.2, 0.25) is 5.91 Å². The molecule has 3 heterocycles. The molecule has 2 aromatic rings. The lowest BCUT2D eigenvalue weighted by Gasteiger charge is -2.37. The fourth-order valence-electron chi connectivity index (χ4n) is 2.89. The summed E-state index contributed by atoms with van der Waals surface area (Å²) in [5.74, 6) is 0.237. The number of carbonyl (C=O) groups is 1. The lowest BCUT2D eigenvalue weighted by Crippen LogP contribution is -2.54. The van der Waals surface area contributed by atoms with Crippen molar-refractivity contribution in [3.8, 4) is 0 Å². The van der Waals surface area contributed by atoms with Crippen molar-refractivity contribution in [2.45, 2.75) is 19.9 Å². The molecule has 1 aliphatic heterocycles. The van der Waals surface area contributed by atoms with Crippen LogP contribution in [0.3, 0.4) is 0 Å². The third-order valence-electron chi connectivity index (χ3n) is 4.37. The van der Waals surface area contributed by atoms with Crippen LogP contribution in [0.5, 0.6) is 0 Å². The third kappa shape index (κ3) is 2.66. The Morgan fingerprint density at radius 1 is 1.27 bits per heavy atom. The Morgan fingerprint density at radius 3 is 2.68 bits per heavy atom. The van der Waals surface area contributed by atoms with Gasteiger partial charge in [0.15, 0.2) is 0 Å². The highest BCUT2D eigenvalue weighted by molar-refractivity contribution is 5.90. The van der Waals surface area contributed by atoms with Gasteiger partial charge in [0.25, 0.3) is 0 Å². The Labute approximate surface area is 130 Å². The number of hydrogen-bond acceptors (Lipinski definition) is 4. The monoisotopic (exact) mass is 301 g/mol. The summed E-state index contributed by atoms with van der Waals surface area (Å²) in [6, 6.07) is 3.68. The van der Waals surface area contributed by atoms with E-state index in [0.29, 0.717) is 13.1 Å². The molecule has 2 aromatic heterocycles. The summed E-state index contributed by atoms with van der Waals surface area (Å²) < 4.78 is 0. The average molecular weight is 301 g/mol. The molecule has 6 nitrogen and oxygen atoms in total. The van der Waals surface area contributed by atoms with Gasteiger partial charge in [-0.15, -0.1) is 0 Å².